The molecule has 0 aliphatic carbocycles. The second-order valence-corrected chi connectivity index (χ2v) is 11.7. The van der Waals surface area contributed by atoms with Gasteiger partial charge < -0.3 is 13.7 Å². The smallest absolute Gasteiger partial charge is 0.339 e. The molecule has 8 nitrogen and oxygen atoms in total. The molecule has 1 heterocycles. The number of fused-ring (bicyclic) bond motifs is 1. The lowest BCUT2D eigenvalue weighted by atomic mass is 10.1. The SMILES string of the molecule is CCOc1cc(/C=C2\SC(=O)N(CCOc3cccc4ccccc34)C2=O)ccc1OS(=O)(=O)c1ccc(C)cc1. The van der Waals surface area contributed by atoms with Crippen molar-refractivity contribution in [1.82, 2.24) is 4.90 Å². The molecule has 1 fully saturated rings. The molecule has 0 saturated carbocycles. The molecule has 210 valence electrons. The van der Waals surface area contributed by atoms with E-state index >= 15 is 0 Å². The Bertz CT molecular complexity index is 1740. The molecule has 1 aliphatic rings. The maximum absolute atomic E-state index is 13.0. The molecule has 41 heavy (non-hydrogen) atoms. The summed E-state index contributed by atoms with van der Waals surface area (Å²) in [5, 5.41) is 1.60. The van der Waals surface area contributed by atoms with Gasteiger partial charge in [0.25, 0.3) is 11.1 Å². The maximum atomic E-state index is 13.0. The van der Waals surface area contributed by atoms with Gasteiger partial charge in [0.15, 0.2) is 11.5 Å². The minimum absolute atomic E-state index is 0.0169. The Kier molecular flexibility index (Phi) is 8.32. The van der Waals surface area contributed by atoms with Crippen LogP contribution < -0.4 is 13.7 Å². The fourth-order valence-corrected chi connectivity index (χ4v) is 6.04. The van der Waals surface area contributed by atoms with Crippen molar-refractivity contribution >= 4 is 49.9 Å². The lowest BCUT2D eigenvalue weighted by Gasteiger charge is -2.14. The van der Waals surface area contributed by atoms with E-state index in [1.165, 1.54) is 18.2 Å². The molecular formula is C31H27NO7S2. The highest BCUT2D eigenvalue weighted by molar-refractivity contribution is 8.18. The van der Waals surface area contributed by atoms with E-state index < -0.39 is 21.3 Å². The van der Waals surface area contributed by atoms with E-state index in [1.807, 2.05) is 49.4 Å². The monoisotopic (exact) mass is 589 g/mol. The van der Waals surface area contributed by atoms with E-state index in [0.29, 0.717) is 11.3 Å². The van der Waals surface area contributed by atoms with E-state index in [-0.39, 0.29) is 41.1 Å². The van der Waals surface area contributed by atoms with Gasteiger partial charge in [-0.1, -0.05) is 60.2 Å². The van der Waals surface area contributed by atoms with Crippen LogP contribution >= 0.6 is 11.8 Å². The number of benzene rings is 4. The van der Waals surface area contributed by atoms with Gasteiger partial charge in [0.1, 0.15) is 17.3 Å². The summed E-state index contributed by atoms with van der Waals surface area (Å²) >= 11 is 0.832. The number of aryl methyl sites for hydroxylation is 1. The van der Waals surface area contributed by atoms with Crippen LogP contribution in [0.5, 0.6) is 17.2 Å². The number of thioether (sulfide) groups is 1. The number of imide groups is 1. The van der Waals surface area contributed by atoms with Crippen molar-refractivity contribution in [3.05, 3.63) is 101 Å². The Balaban J connectivity index is 1.29. The van der Waals surface area contributed by atoms with Crippen molar-refractivity contribution in [3.63, 3.8) is 0 Å². The van der Waals surface area contributed by atoms with Crippen molar-refractivity contribution in [2.45, 2.75) is 18.7 Å². The Labute approximate surface area is 242 Å². The van der Waals surface area contributed by atoms with Crippen molar-refractivity contribution < 1.29 is 31.7 Å². The number of carbonyl (C=O) groups is 2. The number of amides is 2. The second kappa shape index (κ2) is 12.1. The van der Waals surface area contributed by atoms with Crippen molar-refractivity contribution in [2.75, 3.05) is 19.8 Å². The highest BCUT2D eigenvalue weighted by atomic mass is 32.2. The first-order valence-corrected chi connectivity index (χ1v) is 15.1. The van der Waals surface area contributed by atoms with Gasteiger partial charge in [-0.25, -0.2) is 0 Å². The summed E-state index contributed by atoms with van der Waals surface area (Å²) in [6, 6.07) is 24.5. The van der Waals surface area contributed by atoms with E-state index in [0.717, 1.165) is 33.0 Å². The van der Waals surface area contributed by atoms with E-state index in [4.69, 9.17) is 13.7 Å². The number of hydrogen-bond acceptors (Lipinski definition) is 8. The molecule has 0 spiro atoms. The molecule has 0 radical (unpaired) electrons. The van der Waals surface area contributed by atoms with Gasteiger partial charge in [-0.2, -0.15) is 8.42 Å². The molecule has 4 aromatic carbocycles. The lowest BCUT2D eigenvalue weighted by Crippen LogP contribution is -2.32. The predicted molar refractivity (Wildman–Crippen MR) is 159 cm³/mol. The van der Waals surface area contributed by atoms with Gasteiger partial charge in [0.05, 0.1) is 18.1 Å². The summed E-state index contributed by atoms with van der Waals surface area (Å²) in [4.78, 5) is 27.1. The standard InChI is InChI=1S/C31H27NO7S2/c1-3-37-28-19-22(13-16-27(28)39-41(35,36)24-14-11-21(2)12-15-24)20-29-30(33)32(31(34)40-29)17-18-38-26-10-6-8-23-7-4-5-9-25(23)26/h4-16,19-20H,3,17-18H2,1-2H3/b29-20-. The van der Waals surface area contributed by atoms with Crippen LogP contribution in [0.3, 0.4) is 0 Å². The van der Waals surface area contributed by atoms with Crippen LogP contribution in [0.2, 0.25) is 0 Å². The zero-order chi connectivity index (χ0) is 29.0. The molecule has 0 N–H and O–H groups in total. The second-order valence-electron chi connectivity index (χ2n) is 9.15. The molecule has 0 bridgehead atoms. The zero-order valence-electron chi connectivity index (χ0n) is 22.4. The number of rotatable bonds is 10. The molecule has 4 aromatic rings. The minimum atomic E-state index is -4.09. The first kappa shape index (κ1) is 28.3. The minimum Gasteiger partial charge on any atom is -0.491 e. The molecule has 1 saturated heterocycles. The Morgan fingerprint density at radius 2 is 1.61 bits per heavy atom. The molecule has 2 amide bonds. The Morgan fingerprint density at radius 3 is 2.39 bits per heavy atom. The number of nitrogens with zero attached hydrogens (tertiary/aromatic N) is 1. The topological polar surface area (TPSA) is 99.2 Å². The normalized spacial score (nSPS) is 14.6. The molecule has 0 aromatic heterocycles. The first-order chi connectivity index (χ1) is 19.7. The van der Waals surface area contributed by atoms with Crippen LogP contribution in [0.1, 0.15) is 18.1 Å². The molecule has 1 aliphatic heterocycles. The third-order valence-electron chi connectivity index (χ3n) is 6.27. The van der Waals surface area contributed by atoms with Crippen LogP contribution in [-0.4, -0.2) is 44.2 Å². The summed E-state index contributed by atoms with van der Waals surface area (Å²) in [5.74, 6) is 0.463. The highest BCUT2D eigenvalue weighted by Crippen LogP contribution is 2.36. The van der Waals surface area contributed by atoms with Gasteiger partial charge in [-0.3, -0.25) is 14.5 Å². The van der Waals surface area contributed by atoms with Crippen molar-refractivity contribution in [3.8, 4) is 17.2 Å². The fourth-order valence-electron chi connectivity index (χ4n) is 4.24. The summed E-state index contributed by atoms with van der Waals surface area (Å²) in [6.45, 7) is 4.13. The largest absolute Gasteiger partial charge is 0.491 e. The van der Waals surface area contributed by atoms with Gasteiger partial charge >= 0.3 is 10.1 Å². The van der Waals surface area contributed by atoms with Crippen molar-refractivity contribution in [2.24, 2.45) is 0 Å². The van der Waals surface area contributed by atoms with E-state index in [1.54, 1.807) is 37.3 Å². The lowest BCUT2D eigenvalue weighted by molar-refractivity contribution is -0.123. The van der Waals surface area contributed by atoms with Gasteiger partial charge in [0.2, 0.25) is 0 Å². The van der Waals surface area contributed by atoms with Gasteiger partial charge in [-0.15, -0.1) is 0 Å². The van der Waals surface area contributed by atoms with Crippen LogP contribution in [0.15, 0.2) is 94.7 Å². The molecular weight excluding hydrogens is 562 g/mol. The fraction of sp³-hybridized carbons (Fsp3) is 0.161. The predicted octanol–water partition coefficient (Wildman–Crippen LogP) is 6.43. The number of ether oxygens (including phenoxy) is 2. The van der Waals surface area contributed by atoms with Crippen LogP contribution in [0, 0.1) is 6.92 Å². The number of carbonyl (C=O) groups excluding carboxylic acids is 2. The quantitative estimate of drug-likeness (QED) is 0.154. The van der Waals surface area contributed by atoms with Crippen LogP contribution in [0.4, 0.5) is 4.79 Å². The van der Waals surface area contributed by atoms with Gasteiger partial charge in [-0.05, 0) is 73.0 Å². The van der Waals surface area contributed by atoms with Crippen LogP contribution in [-0.2, 0) is 14.9 Å². The molecule has 0 unspecified atom stereocenters. The summed E-state index contributed by atoms with van der Waals surface area (Å²) in [7, 11) is -4.09. The van der Waals surface area contributed by atoms with Crippen LogP contribution in [0.25, 0.3) is 16.8 Å². The molecule has 5 rings (SSSR count). The summed E-state index contributed by atoms with van der Waals surface area (Å²) in [6.07, 6.45) is 1.57. The third-order valence-corrected chi connectivity index (χ3v) is 8.43. The summed E-state index contributed by atoms with van der Waals surface area (Å²) in [5.41, 5.74) is 1.47. The molecule has 10 heteroatoms. The number of hydrogen-bond donors (Lipinski definition) is 0. The van der Waals surface area contributed by atoms with Gasteiger partial charge in [0, 0.05) is 5.39 Å². The zero-order valence-corrected chi connectivity index (χ0v) is 24.0. The van der Waals surface area contributed by atoms with E-state index in [9.17, 15) is 18.0 Å². The Hall–Kier alpha value is -4.28. The highest BCUT2D eigenvalue weighted by Gasteiger charge is 2.35. The third kappa shape index (κ3) is 6.39. The van der Waals surface area contributed by atoms with E-state index in [2.05, 4.69) is 0 Å². The summed E-state index contributed by atoms with van der Waals surface area (Å²) < 4.78 is 42.5. The Morgan fingerprint density at radius 1 is 0.854 bits per heavy atom. The average Bonchev–Trinajstić information content (AvgIpc) is 3.22. The first-order valence-electron chi connectivity index (χ1n) is 12.9. The average molecular weight is 590 g/mol. The molecule has 0 atom stereocenters. The van der Waals surface area contributed by atoms with Crippen molar-refractivity contribution in [1.29, 1.82) is 0 Å². The maximum Gasteiger partial charge on any atom is 0.339 e.